The fourth-order valence-electron chi connectivity index (χ4n) is 3.77. The lowest BCUT2D eigenvalue weighted by atomic mass is 10.0. The number of ether oxygens (including phenoxy) is 1. The van der Waals surface area contributed by atoms with Crippen LogP contribution in [0.4, 0.5) is 5.69 Å². The molecule has 2 aromatic carbocycles. The molecule has 0 fully saturated rings. The van der Waals surface area contributed by atoms with Gasteiger partial charge in [-0.05, 0) is 56.4 Å². The van der Waals surface area contributed by atoms with Gasteiger partial charge in [0.2, 0.25) is 5.91 Å². The number of fused-ring (bicyclic) bond motifs is 1. The molecule has 0 aliphatic carbocycles. The molecule has 10 heteroatoms. The summed E-state index contributed by atoms with van der Waals surface area (Å²) in [7, 11) is -2.01. The zero-order valence-corrected chi connectivity index (χ0v) is 20.5. The van der Waals surface area contributed by atoms with E-state index in [0.29, 0.717) is 35.1 Å². The highest BCUT2D eigenvalue weighted by Crippen LogP contribution is 2.30. The number of aliphatic hydroxyl groups is 1. The second kappa shape index (κ2) is 10.7. The molecule has 33 heavy (non-hydrogen) atoms. The SMILES string of the molecule is CNC[C@H]1Oc2ccc(NS(=O)(=O)c3ccc(Cl)cc3)cc2CC(=O)N([C@H](C)CO)C[C@@H]1C. The van der Waals surface area contributed by atoms with Crippen LogP contribution in [0.1, 0.15) is 19.4 Å². The lowest BCUT2D eigenvalue weighted by Crippen LogP contribution is -2.47. The quantitative estimate of drug-likeness (QED) is 0.544. The van der Waals surface area contributed by atoms with Gasteiger partial charge in [0.15, 0.2) is 0 Å². The molecule has 0 aromatic heterocycles. The molecule has 180 valence electrons. The molecule has 1 aliphatic rings. The Bertz CT molecular complexity index is 1080. The van der Waals surface area contributed by atoms with Gasteiger partial charge in [-0.15, -0.1) is 0 Å². The second-order valence-corrected chi connectivity index (χ2v) is 10.4. The standard InChI is InChI=1S/C23H30ClN3O5S/c1-15-13-27(16(2)14-28)23(29)11-17-10-19(6-9-21(17)32-22(15)12-25-3)26-33(30,31)20-7-4-18(24)5-8-20/h4-10,15-16,22,25-26,28H,11-14H2,1-3H3/t15-,16+,22+/m0/s1. The summed E-state index contributed by atoms with van der Waals surface area (Å²) in [6, 6.07) is 10.4. The van der Waals surface area contributed by atoms with Gasteiger partial charge in [0, 0.05) is 35.3 Å². The van der Waals surface area contributed by atoms with E-state index in [9.17, 15) is 18.3 Å². The second-order valence-electron chi connectivity index (χ2n) is 8.33. The minimum Gasteiger partial charge on any atom is -0.488 e. The Labute approximate surface area is 199 Å². The number of rotatable bonds is 7. The first-order valence-electron chi connectivity index (χ1n) is 10.8. The van der Waals surface area contributed by atoms with E-state index in [1.807, 2.05) is 14.0 Å². The number of carbonyl (C=O) groups excluding carboxylic acids is 1. The summed E-state index contributed by atoms with van der Waals surface area (Å²) < 4.78 is 34.4. The third kappa shape index (κ3) is 6.17. The van der Waals surface area contributed by atoms with Gasteiger partial charge in [-0.1, -0.05) is 18.5 Å². The highest BCUT2D eigenvalue weighted by atomic mass is 35.5. The van der Waals surface area contributed by atoms with Crippen molar-refractivity contribution in [3.63, 3.8) is 0 Å². The first-order chi connectivity index (χ1) is 15.6. The average Bonchev–Trinajstić information content (AvgIpc) is 2.81. The van der Waals surface area contributed by atoms with Crippen LogP contribution in [-0.2, 0) is 21.2 Å². The van der Waals surface area contributed by atoms with Gasteiger partial charge in [0.1, 0.15) is 11.9 Å². The Morgan fingerprint density at radius 1 is 1.24 bits per heavy atom. The van der Waals surface area contributed by atoms with Crippen LogP contribution in [0.3, 0.4) is 0 Å². The lowest BCUT2D eigenvalue weighted by molar-refractivity contribution is -0.134. The Hall–Kier alpha value is -2.33. The molecular formula is C23H30ClN3O5S. The van der Waals surface area contributed by atoms with Crippen LogP contribution in [0.5, 0.6) is 5.75 Å². The van der Waals surface area contributed by atoms with Crippen molar-refractivity contribution in [1.82, 2.24) is 10.2 Å². The smallest absolute Gasteiger partial charge is 0.261 e. The number of hydrogen-bond acceptors (Lipinski definition) is 6. The Balaban J connectivity index is 1.95. The van der Waals surface area contributed by atoms with Crippen molar-refractivity contribution in [3.8, 4) is 5.75 Å². The minimum absolute atomic E-state index is 0.00411. The van der Waals surface area contributed by atoms with Crippen LogP contribution in [-0.4, -0.2) is 63.2 Å². The fraction of sp³-hybridized carbons (Fsp3) is 0.435. The molecule has 3 N–H and O–H groups in total. The molecule has 2 aromatic rings. The Morgan fingerprint density at radius 3 is 2.58 bits per heavy atom. The van der Waals surface area contributed by atoms with Crippen molar-refractivity contribution in [1.29, 1.82) is 0 Å². The molecule has 0 saturated heterocycles. The highest BCUT2D eigenvalue weighted by molar-refractivity contribution is 7.92. The normalized spacial score (nSPS) is 20.2. The minimum atomic E-state index is -3.84. The lowest BCUT2D eigenvalue weighted by Gasteiger charge is -2.32. The van der Waals surface area contributed by atoms with Gasteiger partial charge in [-0.2, -0.15) is 0 Å². The molecular weight excluding hydrogens is 466 g/mol. The van der Waals surface area contributed by atoms with Crippen LogP contribution < -0.4 is 14.8 Å². The molecule has 1 heterocycles. The summed E-state index contributed by atoms with van der Waals surface area (Å²) in [5.74, 6) is 0.379. The predicted molar refractivity (Wildman–Crippen MR) is 128 cm³/mol. The van der Waals surface area contributed by atoms with Gasteiger partial charge in [0.25, 0.3) is 10.0 Å². The van der Waals surface area contributed by atoms with Crippen molar-refractivity contribution in [3.05, 3.63) is 53.1 Å². The monoisotopic (exact) mass is 495 g/mol. The van der Waals surface area contributed by atoms with E-state index in [1.165, 1.54) is 24.3 Å². The van der Waals surface area contributed by atoms with E-state index in [1.54, 1.807) is 30.0 Å². The summed E-state index contributed by atoms with van der Waals surface area (Å²) in [5.41, 5.74) is 0.890. The third-order valence-corrected chi connectivity index (χ3v) is 7.35. The van der Waals surface area contributed by atoms with E-state index in [-0.39, 0.29) is 41.9 Å². The molecule has 0 saturated carbocycles. The molecule has 3 atom stereocenters. The van der Waals surface area contributed by atoms with Crippen molar-refractivity contribution in [2.24, 2.45) is 5.92 Å². The van der Waals surface area contributed by atoms with E-state index in [0.717, 1.165) is 0 Å². The maximum atomic E-state index is 13.1. The summed E-state index contributed by atoms with van der Waals surface area (Å²) >= 11 is 5.86. The first-order valence-corrected chi connectivity index (χ1v) is 12.6. The third-order valence-electron chi connectivity index (χ3n) is 5.70. The molecule has 0 radical (unpaired) electrons. The number of amides is 1. The van der Waals surface area contributed by atoms with E-state index < -0.39 is 10.0 Å². The number of likely N-dealkylation sites (N-methyl/N-ethyl adjacent to an activating group) is 1. The number of halogens is 1. The van der Waals surface area contributed by atoms with Crippen molar-refractivity contribution >= 4 is 33.2 Å². The van der Waals surface area contributed by atoms with Crippen molar-refractivity contribution in [2.45, 2.75) is 37.3 Å². The number of nitrogens with one attached hydrogen (secondary N) is 2. The van der Waals surface area contributed by atoms with E-state index >= 15 is 0 Å². The molecule has 8 nitrogen and oxygen atoms in total. The number of benzene rings is 2. The number of anilines is 1. The largest absolute Gasteiger partial charge is 0.488 e. The number of aliphatic hydroxyl groups excluding tert-OH is 1. The average molecular weight is 496 g/mol. The fourth-order valence-corrected chi connectivity index (χ4v) is 4.94. The van der Waals surface area contributed by atoms with Crippen LogP contribution in [0, 0.1) is 5.92 Å². The van der Waals surface area contributed by atoms with Crippen molar-refractivity contribution in [2.75, 3.05) is 31.5 Å². The Morgan fingerprint density at radius 2 is 1.94 bits per heavy atom. The molecule has 3 rings (SSSR count). The summed E-state index contributed by atoms with van der Waals surface area (Å²) in [5, 5.41) is 13.2. The number of sulfonamides is 1. The van der Waals surface area contributed by atoms with Crippen LogP contribution >= 0.6 is 11.6 Å². The van der Waals surface area contributed by atoms with Gasteiger partial charge in [0.05, 0.1) is 24.0 Å². The van der Waals surface area contributed by atoms with Gasteiger partial charge >= 0.3 is 0 Å². The zero-order valence-electron chi connectivity index (χ0n) is 18.9. The predicted octanol–water partition coefficient (Wildman–Crippen LogP) is 2.51. The number of nitrogens with zero attached hydrogens (tertiary/aromatic N) is 1. The zero-order chi connectivity index (χ0) is 24.2. The maximum Gasteiger partial charge on any atom is 0.261 e. The van der Waals surface area contributed by atoms with E-state index in [4.69, 9.17) is 16.3 Å². The molecule has 1 aliphatic heterocycles. The molecule has 0 unspecified atom stereocenters. The van der Waals surface area contributed by atoms with Crippen LogP contribution in [0.2, 0.25) is 5.02 Å². The summed E-state index contributed by atoms with van der Waals surface area (Å²) in [6.07, 6.45) is -0.195. The van der Waals surface area contributed by atoms with Gasteiger partial charge in [-0.3, -0.25) is 9.52 Å². The first kappa shape index (κ1) is 25.3. The number of carbonyl (C=O) groups is 1. The van der Waals surface area contributed by atoms with Crippen LogP contribution in [0.25, 0.3) is 0 Å². The van der Waals surface area contributed by atoms with Crippen LogP contribution in [0.15, 0.2) is 47.4 Å². The summed E-state index contributed by atoms with van der Waals surface area (Å²) in [6.45, 7) is 4.67. The van der Waals surface area contributed by atoms with Gasteiger partial charge < -0.3 is 20.1 Å². The maximum absolute atomic E-state index is 13.1. The number of hydrogen-bond donors (Lipinski definition) is 3. The Kier molecular flexibility index (Phi) is 8.23. The molecule has 0 spiro atoms. The molecule has 1 amide bonds. The van der Waals surface area contributed by atoms with Gasteiger partial charge in [-0.25, -0.2) is 8.42 Å². The van der Waals surface area contributed by atoms with E-state index in [2.05, 4.69) is 10.0 Å². The van der Waals surface area contributed by atoms with Crippen molar-refractivity contribution < 1.29 is 23.1 Å². The topological polar surface area (TPSA) is 108 Å². The molecule has 0 bridgehead atoms. The highest BCUT2D eigenvalue weighted by Gasteiger charge is 2.30. The summed E-state index contributed by atoms with van der Waals surface area (Å²) in [4.78, 5) is 14.9.